The predicted octanol–water partition coefficient (Wildman–Crippen LogP) is 7.39. The summed E-state index contributed by atoms with van der Waals surface area (Å²) in [6, 6.07) is 21.5. The number of hydrogen-bond donors (Lipinski definition) is 4. The molecular formula is C36H43ClN4O3. The van der Waals surface area contributed by atoms with Gasteiger partial charge in [-0.1, -0.05) is 60.1 Å². The summed E-state index contributed by atoms with van der Waals surface area (Å²) in [4.78, 5) is 17.5. The van der Waals surface area contributed by atoms with E-state index in [0.29, 0.717) is 29.5 Å². The molecule has 0 aliphatic carbocycles. The van der Waals surface area contributed by atoms with Crippen molar-refractivity contribution in [3.8, 4) is 28.0 Å². The lowest BCUT2D eigenvalue weighted by atomic mass is 9.92. The summed E-state index contributed by atoms with van der Waals surface area (Å²) < 4.78 is 5.73. The summed E-state index contributed by atoms with van der Waals surface area (Å²) in [6.45, 7) is 13.6. The van der Waals surface area contributed by atoms with Crippen molar-refractivity contribution >= 4 is 23.2 Å². The molecule has 0 fully saturated rings. The van der Waals surface area contributed by atoms with E-state index < -0.39 is 5.54 Å². The van der Waals surface area contributed by atoms with Gasteiger partial charge >= 0.3 is 0 Å². The number of anilines is 1. The zero-order valence-corrected chi connectivity index (χ0v) is 27.4. The highest BCUT2D eigenvalue weighted by Crippen LogP contribution is 2.39. The number of amides is 1. The van der Waals surface area contributed by atoms with Gasteiger partial charge in [-0.15, -0.1) is 0 Å². The molecular weight excluding hydrogens is 572 g/mol. The lowest BCUT2D eigenvalue weighted by molar-refractivity contribution is 0.102. The Hall–Kier alpha value is -3.75. The van der Waals surface area contributed by atoms with Crippen LogP contribution in [-0.2, 0) is 13.1 Å². The van der Waals surface area contributed by atoms with Crippen LogP contribution >= 0.6 is 11.6 Å². The van der Waals surface area contributed by atoms with Gasteiger partial charge in [-0.3, -0.25) is 9.78 Å². The smallest absolute Gasteiger partial charge is 0.274 e. The summed E-state index contributed by atoms with van der Waals surface area (Å²) in [5.41, 5.74) is 7.33. The number of methoxy groups -OCH3 is 1. The van der Waals surface area contributed by atoms with Crippen molar-refractivity contribution in [1.29, 1.82) is 0 Å². The van der Waals surface area contributed by atoms with Crippen molar-refractivity contribution in [3.63, 3.8) is 0 Å². The van der Waals surface area contributed by atoms with Crippen LogP contribution in [-0.4, -0.2) is 40.8 Å². The Morgan fingerprint density at radius 3 is 2.27 bits per heavy atom. The number of pyridine rings is 1. The van der Waals surface area contributed by atoms with Crippen molar-refractivity contribution < 1.29 is 14.6 Å². The SMILES string of the molecule is COc1cc(-c2cccc(-c3cccc(NC(=O)c4ccc(CNC(C)(C)C)cn4)c3Cl)c2C)ccc1CNC(C)(C)CO. The number of aliphatic hydroxyl groups is 1. The van der Waals surface area contributed by atoms with Gasteiger partial charge in [0.2, 0.25) is 0 Å². The zero-order valence-electron chi connectivity index (χ0n) is 26.6. The first-order valence-electron chi connectivity index (χ1n) is 14.7. The van der Waals surface area contributed by atoms with Crippen LogP contribution in [0.2, 0.25) is 5.02 Å². The average molecular weight is 615 g/mol. The Kier molecular flexibility index (Phi) is 10.5. The van der Waals surface area contributed by atoms with Gasteiger partial charge in [0.05, 0.1) is 24.4 Å². The third kappa shape index (κ3) is 8.24. The van der Waals surface area contributed by atoms with Crippen molar-refractivity contribution in [3.05, 3.63) is 100 Å². The lowest BCUT2D eigenvalue weighted by Gasteiger charge is -2.24. The molecule has 0 spiro atoms. The highest BCUT2D eigenvalue weighted by molar-refractivity contribution is 6.36. The Bertz CT molecular complexity index is 1610. The molecule has 1 aromatic heterocycles. The number of carbonyl (C=O) groups is 1. The minimum Gasteiger partial charge on any atom is -0.496 e. The molecule has 0 bridgehead atoms. The van der Waals surface area contributed by atoms with Crippen LogP contribution in [0.3, 0.4) is 0 Å². The molecule has 3 aromatic carbocycles. The van der Waals surface area contributed by atoms with Gasteiger partial charge in [0.25, 0.3) is 5.91 Å². The lowest BCUT2D eigenvalue weighted by Crippen LogP contribution is -2.42. The van der Waals surface area contributed by atoms with Gasteiger partial charge in [-0.2, -0.15) is 0 Å². The summed E-state index contributed by atoms with van der Waals surface area (Å²) in [5.74, 6) is 0.442. The van der Waals surface area contributed by atoms with Gasteiger partial charge in [0.1, 0.15) is 11.4 Å². The van der Waals surface area contributed by atoms with E-state index in [4.69, 9.17) is 16.3 Å². The maximum Gasteiger partial charge on any atom is 0.274 e. The molecule has 0 saturated heterocycles. The van der Waals surface area contributed by atoms with Crippen LogP contribution in [0.1, 0.15) is 61.8 Å². The number of ether oxygens (including phenoxy) is 1. The van der Waals surface area contributed by atoms with Crippen LogP contribution < -0.4 is 20.7 Å². The van der Waals surface area contributed by atoms with Crippen LogP contribution in [0.25, 0.3) is 22.3 Å². The number of nitrogens with zero attached hydrogens (tertiary/aromatic N) is 1. The Morgan fingerprint density at radius 1 is 0.909 bits per heavy atom. The van der Waals surface area contributed by atoms with Crippen LogP contribution in [0.5, 0.6) is 5.75 Å². The fourth-order valence-electron chi connectivity index (χ4n) is 4.74. The first-order valence-corrected chi connectivity index (χ1v) is 15.1. The first kappa shape index (κ1) is 33.1. The molecule has 1 amide bonds. The molecule has 0 radical (unpaired) electrons. The second-order valence-corrected chi connectivity index (χ2v) is 13.1. The van der Waals surface area contributed by atoms with Gasteiger partial charge in [0.15, 0.2) is 0 Å². The standard InChI is InChI=1S/C36H43ClN4O3/c1-23-27(25-15-16-26(32(18-25)44-7)21-40-36(5,6)22-42)10-8-11-28(23)29-12-9-13-30(33(29)37)41-34(43)31-17-14-24(19-38-31)20-39-35(2,3)4/h8-19,39-40,42H,20-22H2,1-7H3,(H,41,43). The van der Waals surface area contributed by atoms with Crippen LogP contribution in [0, 0.1) is 6.92 Å². The predicted molar refractivity (Wildman–Crippen MR) is 180 cm³/mol. The van der Waals surface area contributed by atoms with Crippen LogP contribution in [0.15, 0.2) is 72.9 Å². The molecule has 232 valence electrons. The van der Waals surface area contributed by atoms with E-state index in [1.807, 2.05) is 56.3 Å². The molecule has 7 nitrogen and oxygen atoms in total. The van der Waals surface area contributed by atoms with Crippen molar-refractivity contribution in [2.45, 2.75) is 65.7 Å². The molecule has 0 aliphatic heterocycles. The van der Waals surface area contributed by atoms with Crippen molar-refractivity contribution in [2.75, 3.05) is 19.0 Å². The average Bonchev–Trinajstić information content (AvgIpc) is 3.00. The van der Waals surface area contributed by atoms with E-state index in [1.54, 1.807) is 25.4 Å². The minimum absolute atomic E-state index is 0.0105. The number of aromatic nitrogens is 1. The zero-order chi connectivity index (χ0) is 32.1. The number of hydrogen-bond acceptors (Lipinski definition) is 6. The van der Waals surface area contributed by atoms with E-state index in [2.05, 4.69) is 60.8 Å². The molecule has 8 heteroatoms. The van der Waals surface area contributed by atoms with E-state index >= 15 is 0 Å². The summed E-state index contributed by atoms with van der Waals surface area (Å²) in [7, 11) is 1.66. The molecule has 44 heavy (non-hydrogen) atoms. The molecule has 0 aliphatic rings. The van der Waals surface area contributed by atoms with Gasteiger partial charge in [-0.25, -0.2) is 0 Å². The summed E-state index contributed by atoms with van der Waals surface area (Å²) in [6.07, 6.45) is 1.72. The number of aliphatic hydroxyl groups excluding tert-OH is 1. The molecule has 0 atom stereocenters. The number of halogens is 1. The van der Waals surface area contributed by atoms with Gasteiger partial charge < -0.3 is 25.8 Å². The maximum atomic E-state index is 13.1. The second kappa shape index (κ2) is 13.9. The molecule has 0 saturated carbocycles. The number of nitrogens with one attached hydrogen (secondary N) is 3. The molecule has 4 N–H and O–H groups in total. The largest absolute Gasteiger partial charge is 0.496 e. The van der Waals surface area contributed by atoms with E-state index in [9.17, 15) is 9.90 Å². The second-order valence-electron chi connectivity index (χ2n) is 12.7. The minimum atomic E-state index is -0.396. The molecule has 1 heterocycles. The van der Waals surface area contributed by atoms with E-state index in [1.165, 1.54) is 0 Å². The number of carbonyl (C=O) groups excluding carboxylic acids is 1. The van der Waals surface area contributed by atoms with E-state index in [-0.39, 0.29) is 18.1 Å². The van der Waals surface area contributed by atoms with Gasteiger partial charge in [-0.05, 0) is 87.6 Å². The Balaban J connectivity index is 1.56. The number of rotatable bonds is 11. The summed E-state index contributed by atoms with van der Waals surface area (Å²) >= 11 is 6.92. The maximum absolute atomic E-state index is 13.1. The Morgan fingerprint density at radius 2 is 1.61 bits per heavy atom. The molecule has 4 rings (SSSR count). The topological polar surface area (TPSA) is 95.5 Å². The van der Waals surface area contributed by atoms with Gasteiger partial charge in [0, 0.05) is 41.5 Å². The highest BCUT2D eigenvalue weighted by Gasteiger charge is 2.19. The number of benzene rings is 3. The third-order valence-corrected chi connectivity index (χ3v) is 7.91. The molecule has 0 unspecified atom stereocenters. The fraction of sp³-hybridized carbons (Fsp3) is 0.333. The third-order valence-electron chi connectivity index (χ3n) is 7.50. The monoisotopic (exact) mass is 614 g/mol. The first-order chi connectivity index (χ1) is 20.8. The summed E-state index contributed by atoms with van der Waals surface area (Å²) in [5, 5.41) is 19.8. The highest BCUT2D eigenvalue weighted by atomic mass is 35.5. The van der Waals surface area contributed by atoms with E-state index in [0.717, 1.165) is 44.7 Å². The van der Waals surface area contributed by atoms with Crippen molar-refractivity contribution in [1.82, 2.24) is 15.6 Å². The fourth-order valence-corrected chi connectivity index (χ4v) is 5.02. The molecule has 4 aromatic rings. The van der Waals surface area contributed by atoms with Crippen molar-refractivity contribution in [2.24, 2.45) is 0 Å². The van der Waals surface area contributed by atoms with Crippen LogP contribution in [0.4, 0.5) is 5.69 Å². The normalized spacial score (nSPS) is 11.8. The Labute approximate surface area is 266 Å². The quantitative estimate of drug-likeness (QED) is 0.141.